The number of nitrogens with zero attached hydrogens (tertiary/aromatic N) is 2. The second kappa shape index (κ2) is 6.30. The van der Waals surface area contributed by atoms with Gasteiger partial charge in [-0.3, -0.25) is 9.80 Å². The highest BCUT2D eigenvalue weighted by atomic mass is 16.3. The molecule has 0 aromatic heterocycles. The van der Waals surface area contributed by atoms with Crippen molar-refractivity contribution in [2.45, 2.75) is 50.6 Å². The van der Waals surface area contributed by atoms with Gasteiger partial charge in [0.2, 0.25) is 0 Å². The zero-order valence-electron chi connectivity index (χ0n) is 13.0. The number of hydrogen-bond acceptors (Lipinski definition) is 4. The van der Waals surface area contributed by atoms with Crippen molar-refractivity contribution < 1.29 is 5.11 Å². The van der Waals surface area contributed by atoms with Crippen molar-refractivity contribution in [2.75, 3.05) is 45.9 Å². The van der Waals surface area contributed by atoms with Gasteiger partial charge in [-0.05, 0) is 64.2 Å². The van der Waals surface area contributed by atoms with Crippen LogP contribution in [0, 0.1) is 5.92 Å². The molecule has 2 atom stereocenters. The lowest BCUT2D eigenvalue weighted by Crippen LogP contribution is -2.58. The lowest BCUT2D eigenvalue weighted by molar-refractivity contribution is 0.0880. The van der Waals surface area contributed by atoms with Crippen LogP contribution in [0.2, 0.25) is 0 Å². The number of hydrogen-bond donors (Lipinski definition) is 2. The normalized spacial score (nSPS) is 31.8. The molecule has 2 N–H and O–H groups in total. The highest BCUT2D eigenvalue weighted by molar-refractivity contribution is 5.03. The zero-order valence-corrected chi connectivity index (χ0v) is 13.0. The maximum absolute atomic E-state index is 10.0. The Kier molecular flexibility index (Phi) is 4.65. The van der Waals surface area contributed by atoms with Crippen LogP contribution in [0.15, 0.2) is 0 Å². The first-order chi connectivity index (χ1) is 9.77. The molecule has 4 heteroatoms. The molecule has 3 rings (SSSR count). The van der Waals surface area contributed by atoms with Crippen LogP contribution in [0.25, 0.3) is 0 Å². The molecule has 2 heterocycles. The van der Waals surface area contributed by atoms with E-state index in [9.17, 15) is 5.11 Å². The van der Waals surface area contributed by atoms with Crippen molar-refractivity contribution >= 4 is 0 Å². The van der Waals surface area contributed by atoms with Gasteiger partial charge in [0.15, 0.2) is 0 Å². The van der Waals surface area contributed by atoms with Gasteiger partial charge >= 0.3 is 0 Å². The fourth-order valence-corrected chi connectivity index (χ4v) is 4.38. The Bertz CT molecular complexity index is 321. The molecule has 116 valence electrons. The monoisotopic (exact) mass is 281 g/mol. The van der Waals surface area contributed by atoms with Crippen LogP contribution in [0.5, 0.6) is 0 Å². The fraction of sp³-hybridized carbons (Fsp3) is 1.00. The smallest absolute Gasteiger partial charge is 0.0628 e. The molecule has 1 aliphatic carbocycles. The predicted molar refractivity (Wildman–Crippen MR) is 81.9 cm³/mol. The Labute approximate surface area is 123 Å². The van der Waals surface area contributed by atoms with Crippen LogP contribution in [0.4, 0.5) is 0 Å². The maximum Gasteiger partial charge on any atom is 0.0628 e. The maximum atomic E-state index is 10.0. The first-order valence-corrected chi connectivity index (χ1v) is 8.60. The first kappa shape index (κ1) is 14.8. The Morgan fingerprint density at radius 3 is 2.65 bits per heavy atom. The quantitative estimate of drug-likeness (QED) is 0.759. The molecule has 2 unspecified atom stereocenters. The molecule has 0 spiro atoms. The summed E-state index contributed by atoms with van der Waals surface area (Å²) < 4.78 is 0. The van der Waals surface area contributed by atoms with Crippen LogP contribution < -0.4 is 5.32 Å². The summed E-state index contributed by atoms with van der Waals surface area (Å²) in [5.41, 5.74) is -0.0392. The summed E-state index contributed by atoms with van der Waals surface area (Å²) in [5.74, 6) is 0.690. The van der Waals surface area contributed by atoms with E-state index in [1.54, 1.807) is 0 Å². The standard InChI is InChI=1S/C16H31N3O/c1-2-17-16(13-20,14-6-7-14)12-18-8-4-10-19-9-3-5-15(19)11-18/h14-15,17,20H,2-13H2,1H3. The number of aliphatic hydroxyl groups is 1. The number of fused-ring (bicyclic) bond motifs is 1. The van der Waals surface area contributed by atoms with Crippen LogP contribution in [0.3, 0.4) is 0 Å². The second-order valence-corrected chi connectivity index (χ2v) is 7.04. The minimum atomic E-state index is -0.0392. The van der Waals surface area contributed by atoms with E-state index >= 15 is 0 Å². The number of aliphatic hydroxyl groups excluding tert-OH is 1. The van der Waals surface area contributed by atoms with Crippen molar-refractivity contribution in [3.05, 3.63) is 0 Å². The third-order valence-corrected chi connectivity index (χ3v) is 5.56. The molecule has 2 saturated heterocycles. The minimum absolute atomic E-state index is 0.0392. The highest BCUT2D eigenvalue weighted by Crippen LogP contribution is 2.40. The van der Waals surface area contributed by atoms with Crippen LogP contribution in [-0.2, 0) is 0 Å². The van der Waals surface area contributed by atoms with Gasteiger partial charge in [0, 0.05) is 19.1 Å². The summed E-state index contributed by atoms with van der Waals surface area (Å²) in [7, 11) is 0. The van der Waals surface area contributed by atoms with Crippen LogP contribution >= 0.6 is 0 Å². The van der Waals surface area contributed by atoms with E-state index in [1.165, 1.54) is 58.3 Å². The fourth-order valence-electron chi connectivity index (χ4n) is 4.38. The molecule has 4 nitrogen and oxygen atoms in total. The number of rotatable bonds is 6. The van der Waals surface area contributed by atoms with Crippen LogP contribution in [-0.4, -0.2) is 72.4 Å². The van der Waals surface area contributed by atoms with Crippen molar-refractivity contribution in [2.24, 2.45) is 5.92 Å². The van der Waals surface area contributed by atoms with Gasteiger partial charge in [-0.1, -0.05) is 6.92 Å². The van der Waals surface area contributed by atoms with Crippen molar-refractivity contribution in [3.63, 3.8) is 0 Å². The van der Waals surface area contributed by atoms with Gasteiger partial charge in [-0.2, -0.15) is 0 Å². The minimum Gasteiger partial charge on any atom is -0.394 e. The predicted octanol–water partition coefficient (Wildman–Crippen LogP) is 0.907. The zero-order chi connectivity index (χ0) is 14.0. The number of nitrogens with one attached hydrogen (secondary N) is 1. The highest BCUT2D eigenvalue weighted by Gasteiger charge is 2.45. The van der Waals surface area contributed by atoms with E-state index < -0.39 is 0 Å². The van der Waals surface area contributed by atoms with E-state index in [2.05, 4.69) is 22.0 Å². The first-order valence-electron chi connectivity index (χ1n) is 8.60. The Morgan fingerprint density at radius 2 is 1.95 bits per heavy atom. The molecule has 3 aliphatic rings. The topological polar surface area (TPSA) is 38.7 Å². The summed E-state index contributed by atoms with van der Waals surface area (Å²) >= 11 is 0. The summed E-state index contributed by atoms with van der Waals surface area (Å²) in [6.45, 7) is 9.43. The third-order valence-electron chi connectivity index (χ3n) is 5.56. The molecule has 0 amide bonds. The summed E-state index contributed by atoms with van der Waals surface area (Å²) in [5, 5.41) is 13.6. The summed E-state index contributed by atoms with van der Waals surface area (Å²) in [6.07, 6.45) is 6.61. The van der Waals surface area contributed by atoms with Crippen LogP contribution in [0.1, 0.15) is 39.0 Å². The van der Waals surface area contributed by atoms with Gasteiger partial charge in [0.05, 0.1) is 12.1 Å². The van der Waals surface area contributed by atoms with E-state index in [0.717, 1.165) is 19.1 Å². The molecule has 1 saturated carbocycles. The summed E-state index contributed by atoms with van der Waals surface area (Å²) in [6, 6.07) is 0.773. The molecule has 0 radical (unpaired) electrons. The Balaban J connectivity index is 1.64. The summed E-state index contributed by atoms with van der Waals surface area (Å²) in [4.78, 5) is 5.32. The molecule has 20 heavy (non-hydrogen) atoms. The average Bonchev–Trinajstić information content (AvgIpc) is 3.24. The Hall–Kier alpha value is -0.160. The SMILES string of the molecule is CCNC(CO)(CN1CCCN2CCCC2C1)C1CC1. The molecule has 0 aromatic rings. The molecule has 0 bridgehead atoms. The molecule has 3 fully saturated rings. The number of likely N-dealkylation sites (N-methyl/N-ethyl adjacent to an activating group) is 1. The van der Waals surface area contributed by atoms with Crippen molar-refractivity contribution in [3.8, 4) is 0 Å². The van der Waals surface area contributed by atoms with Crippen molar-refractivity contribution in [1.82, 2.24) is 15.1 Å². The van der Waals surface area contributed by atoms with Gasteiger partial charge < -0.3 is 10.4 Å². The van der Waals surface area contributed by atoms with Gasteiger partial charge in [-0.25, -0.2) is 0 Å². The van der Waals surface area contributed by atoms with E-state index in [1.807, 2.05) is 0 Å². The van der Waals surface area contributed by atoms with Crippen molar-refractivity contribution in [1.29, 1.82) is 0 Å². The molecular formula is C16H31N3O. The Morgan fingerprint density at radius 1 is 1.15 bits per heavy atom. The molecule has 0 aromatic carbocycles. The average molecular weight is 281 g/mol. The van der Waals surface area contributed by atoms with E-state index in [-0.39, 0.29) is 12.1 Å². The molecular weight excluding hydrogens is 250 g/mol. The largest absolute Gasteiger partial charge is 0.394 e. The lowest BCUT2D eigenvalue weighted by Gasteiger charge is -2.38. The van der Waals surface area contributed by atoms with Gasteiger partial charge in [-0.15, -0.1) is 0 Å². The van der Waals surface area contributed by atoms with Gasteiger partial charge in [0.25, 0.3) is 0 Å². The second-order valence-electron chi connectivity index (χ2n) is 7.04. The van der Waals surface area contributed by atoms with E-state index in [4.69, 9.17) is 0 Å². The van der Waals surface area contributed by atoms with E-state index in [0.29, 0.717) is 5.92 Å². The lowest BCUT2D eigenvalue weighted by atomic mass is 9.92. The molecule has 2 aliphatic heterocycles. The van der Waals surface area contributed by atoms with Gasteiger partial charge in [0.1, 0.15) is 0 Å². The third kappa shape index (κ3) is 3.03.